The number of para-hydroxylation sites is 1. The van der Waals surface area contributed by atoms with Crippen molar-refractivity contribution in [2.24, 2.45) is 17.6 Å². The number of fused-ring (bicyclic) bond motifs is 1. The van der Waals surface area contributed by atoms with Crippen LogP contribution in [-0.2, 0) is 51.2 Å². The lowest BCUT2D eigenvalue weighted by Crippen LogP contribution is -2.62. The number of aromatic amines is 1. The number of aliphatic hydroxyl groups is 2. The first-order valence-corrected chi connectivity index (χ1v) is 21.1. The van der Waals surface area contributed by atoms with Gasteiger partial charge in [0, 0.05) is 36.4 Å². The van der Waals surface area contributed by atoms with Crippen molar-refractivity contribution in [2.45, 2.75) is 122 Å². The Balaban J connectivity index is 1.89. The van der Waals surface area contributed by atoms with Gasteiger partial charge in [-0.1, -0.05) is 76.2 Å². The Hall–Kier alpha value is -6.38. The third kappa shape index (κ3) is 16.4. The van der Waals surface area contributed by atoms with E-state index in [1.165, 1.54) is 6.92 Å². The Morgan fingerprint density at radius 1 is 0.609 bits per heavy atom. The number of nitrogens with one attached hydrogen (secondary N) is 7. The number of hydrogen-bond acceptors (Lipinski definition) is 11. The van der Waals surface area contributed by atoms with Crippen molar-refractivity contribution in [1.29, 1.82) is 0 Å². The van der Waals surface area contributed by atoms with Gasteiger partial charge in [0.05, 0.1) is 12.7 Å². The minimum absolute atomic E-state index is 0.000471. The first-order chi connectivity index (χ1) is 30.2. The number of amides is 6. The highest BCUT2D eigenvalue weighted by Crippen LogP contribution is 2.20. The van der Waals surface area contributed by atoms with Gasteiger partial charge in [-0.25, -0.2) is 4.79 Å². The summed E-state index contributed by atoms with van der Waals surface area (Å²) in [6.45, 7) is 7.61. The fraction of sp³-hybridized carbons (Fsp3) is 0.500. The quantitative estimate of drug-likeness (QED) is 0.0489. The smallest absolute Gasteiger partial charge is 0.326 e. The van der Waals surface area contributed by atoms with Crippen molar-refractivity contribution in [3.63, 3.8) is 0 Å². The lowest BCUT2D eigenvalue weighted by atomic mass is 9.99. The van der Waals surface area contributed by atoms with E-state index in [1.54, 1.807) is 50.4 Å². The number of carboxylic acid groups (broad SMARTS) is 2. The zero-order chi connectivity index (χ0) is 47.7. The van der Waals surface area contributed by atoms with Crippen molar-refractivity contribution in [1.82, 2.24) is 36.9 Å². The van der Waals surface area contributed by atoms with E-state index >= 15 is 0 Å². The fourth-order valence-electron chi connectivity index (χ4n) is 6.82. The van der Waals surface area contributed by atoms with Crippen molar-refractivity contribution in [3.05, 3.63) is 71.9 Å². The van der Waals surface area contributed by atoms with E-state index in [0.717, 1.165) is 10.9 Å². The van der Waals surface area contributed by atoms with Gasteiger partial charge in [0.15, 0.2) is 0 Å². The van der Waals surface area contributed by atoms with Crippen LogP contribution in [-0.4, -0.2) is 128 Å². The van der Waals surface area contributed by atoms with Crippen molar-refractivity contribution in [2.75, 3.05) is 6.61 Å². The maximum absolute atomic E-state index is 14.2. The second-order valence-electron chi connectivity index (χ2n) is 16.6. The SMILES string of the molecule is CC(C)C[C@H](NC(=O)[C@H](Cc1c[nH]c2ccccc12)NC(=O)[C@@H](N)CO)C(=O)N[C@@H](Cc1ccccc1)C(=O)N[C@H](C(=O)N[C@@H](CC(C)C)C(=O)N[C@@H](CCC(=O)O)C(=O)O)[C@@H](C)O. The van der Waals surface area contributed by atoms with Gasteiger partial charge in [-0.2, -0.15) is 0 Å². The Labute approximate surface area is 370 Å². The zero-order valence-corrected chi connectivity index (χ0v) is 36.6. The molecular weight excluding hydrogens is 833 g/mol. The van der Waals surface area contributed by atoms with Gasteiger partial charge in [-0.15, -0.1) is 0 Å². The van der Waals surface area contributed by atoms with Crippen LogP contribution in [0.25, 0.3) is 10.9 Å². The first-order valence-electron chi connectivity index (χ1n) is 21.1. The average molecular weight is 895 g/mol. The number of benzene rings is 2. The topological polar surface area (TPSA) is 331 Å². The number of carbonyl (C=O) groups is 8. The highest BCUT2D eigenvalue weighted by molar-refractivity contribution is 5.97. The van der Waals surface area contributed by atoms with E-state index in [0.29, 0.717) is 11.1 Å². The zero-order valence-electron chi connectivity index (χ0n) is 36.6. The van der Waals surface area contributed by atoms with E-state index in [9.17, 15) is 53.7 Å². The Kier molecular flexibility index (Phi) is 20.3. The summed E-state index contributed by atoms with van der Waals surface area (Å²) in [5.74, 6) is -8.37. The number of carbonyl (C=O) groups excluding carboxylic acids is 6. The van der Waals surface area contributed by atoms with E-state index in [-0.39, 0.29) is 37.5 Å². The molecule has 20 heteroatoms. The number of aromatic nitrogens is 1. The van der Waals surface area contributed by atoms with Gasteiger partial charge < -0.3 is 63.0 Å². The molecule has 6 amide bonds. The van der Waals surface area contributed by atoms with Crippen LogP contribution in [0.3, 0.4) is 0 Å². The van der Waals surface area contributed by atoms with Gasteiger partial charge in [-0.3, -0.25) is 33.6 Å². The maximum Gasteiger partial charge on any atom is 0.326 e. The molecule has 0 spiro atoms. The molecule has 0 fully saturated rings. The van der Waals surface area contributed by atoms with Crippen LogP contribution in [0.2, 0.25) is 0 Å². The second kappa shape index (κ2) is 25.1. The van der Waals surface area contributed by atoms with E-state index in [2.05, 4.69) is 36.9 Å². The maximum atomic E-state index is 14.2. The van der Waals surface area contributed by atoms with E-state index in [4.69, 9.17) is 10.8 Å². The Morgan fingerprint density at radius 2 is 1.09 bits per heavy atom. The molecule has 1 aromatic heterocycles. The van der Waals surface area contributed by atoms with E-state index < -0.39 is 115 Å². The van der Waals surface area contributed by atoms with Gasteiger partial charge in [0.25, 0.3) is 0 Å². The molecule has 1 heterocycles. The van der Waals surface area contributed by atoms with Crippen LogP contribution in [0.4, 0.5) is 0 Å². The third-order valence-electron chi connectivity index (χ3n) is 10.2. The highest BCUT2D eigenvalue weighted by Gasteiger charge is 2.36. The van der Waals surface area contributed by atoms with Gasteiger partial charge in [-0.05, 0) is 55.2 Å². The van der Waals surface area contributed by atoms with Crippen LogP contribution in [0.1, 0.15) is 71.4 Å². The summed E-state index contributed by atoms with van der Waals surface area (Å²) < 4.78 is 0. The standard InChI is InChI=1S/C44H62N8O12/c1-23(2)17-32(49-41(60)35(48-38(57)29(45)22-53)20-27-21-46-30-14-10-9-13-28(27)30)40(59)50-34(19-26-11-7-6-8-12-26)42(61)52-37(25(5)54)43(62)51-33(18-24(3)4)39(58)47-31(44(63)64)15-16-36(55)56/h6-14,21,23-25,29,31-35,37,46,53-54H,15-20,22,45H2,1-5H3,(H,47,58)(H,48,57)(H,49,60)(H,50,59)(H,51,62)(H,52,61)(H,55,56)(H,63,64)/t25-,29+,31+,32+,33+,34+,35+,37+/m1/s1. The van der Waals surface area contributed by atoms with Gasteiger partial charge in [0.1, 0.15) is 42.3 Å². The fourth-order valence-corrected chi connectivity index (χ4v) is 6.82. The average Bonchev–Trinajstić information content (AvgIpc) is 3.64. The summed E-state index contributed by atoms with van der Waals surface area (Å²) in [5, 5.41) is 54.9. The molecule has 3 aromatic rings. The number of H-pyrrole nitrogens is 1. The summed E-state index contributed by atoms with van der Waals surface area (Å²) in [4.78, 5) is 108. The monoisotopic (exact) mass is 894 g/mol. The number of aliphatic hydroxyl groups excluding tert-OH is 2. The molecule has 0 saturated carbocycles. The third-order valence-corrected chi connectivity index (χ3v) is 10.2. The summed E-state index contributed by atoms with van der Waals surface area (Å²) in [6, 6.07) is 5.97. The molecule has 8 atom stereocenters. The first kappa shape index (κ1) is 52.0. The molecule has 0 aliphatic heterocycles. The number of nitrogens with two attached hydrogens (primary N) is 1. The molecule has 0 unspecified atom stereocenters. The van der Waals surface area contributed by atoms with Crippen LogP contribution >= 0.6 is 0 Å². The molecule has 0 bridgehead atoms. The minimum Gasteiger partial charge on any atom is -0.481 e. The molecule has 350 valence electrons. The number of carboxylic acids is 2. The van der Waals surface area contributed by atoms with Crippen LogP contribution < -0.4 is 37.6 Å². The lowest BCUT2D eigenvalue weighted by molar-refractivity contribution is -0.143. The molecule has 20 nitrogen and oxygen atoms in total. The predicted molar refractivity (Wildman–Crippen MR) is 234 cm³/mol. The largest absolute Gasteiger partial charge is 0.481 e. The van der Waals surface area contributed by atoms with Crippen LogP contribution in [0, 0.1) is 11.8 Å². The van der Waals surface area contributed by atoms with Gasteiger partial charge in [0.2, 0.25) is 35.4 Å². The summed E-state index contributed by atoms with van der Waals surface area (Å²) in [6.07, 6.45) is -0.904. The molecule has 64 heavy (non-hydrogen) atoms. The van der Waals surface area contributed by atoms with Crippen molar-refractivity contribution >= 4 is 58.3 Å². The molecule has 3 rings (SSSR count). The molecular formula is C44H62N8O12. The van der Waals surface area contributed by atoms with Crippen LogP contribution in [0.5, 0.6) is 0 Å². The van der Waals surface area contributed by atoms with Crippen molar-refractivity contribution in [3.8, 4) is 0 Å². The molecule has 0 radical (unpaired) electrons. The van der Waals surface area contributed by atoms with Crippen LogP contribution in [0.15, 0.2) is 60.8 Å². The van der Waals surface area contributed by atoms with Gasteiger partial charge >= 0.3 is 11.9 Å². The summed E-state index contributed by atoms with van der Waals surface area (Å²) in [7, 11) is 0. The molecule has 0 saturated heterocycles. The van der Waals surface area contributed by atoms with Crippen molar-refractivity contribution < 1.29 is 58.8 Å². The Bertz CT molecular complexity index is 2070. The minimum atomic E-state index is -1.70. The van der Waals surface area contributed by atoms with E-state index in [1.807, 2.05) is 38.1 Å². The molecule has 0 aliphatic carbocycles. The number of rotatable bonds is 26. The number of aliphatic carboxylic acids is 2. The molecule has 0 aliphatic rings. The summed E-state index contributed by atoms with van der Waals surface area (Å²) in [5.41, 5.74) is 7.82. The molecule has 2 aromatic carbocycles. The lowest BCUT2D eigenvalue weighted by Gasteiger charge is -2.29. The Morgan fingerprint density at radius 3 is 1.64 bits per heavy atom. The number of hydrogen-bond donors (Lipinski definition) is 12. The predicted octanol–water partition coefficient (Wildman–Crippen LogP) is -0.396. The normalized spacial score (nSPS) is 15.1. The second-order valence-corrected chi connectivity index (χ2v) is 16.6. The highest BCUT2D eigenvalue weighted by atomic mass is 16.4. The molecule has 13 N–H and O–H groups in total. The summed E-state index contributed by atoms with van der Waals surface area (Å²) >= 11 is 0.